The minimum absolute atomic E-state index is 0.0119. The highest BCUT2D eigenvalue weighted by Gasteiger charge is 2.04. The largest absolute Gasteiger partial charge is 0.481 e. The van der Waals surface area contributed by atoms with Crippen molar-refractivity contribution in [1.29, 1.82) is 0 Å². The molecule has 98 valence electrons. The lowest BCUT2D eigenvalue weighted by molar-refractivity contribution is 0.0690. The first-order valence-electron chi connectivity index (χ1n) is 5.62. The first-order chi connectivity index (χ1) is 9.19. The number of hydrogen-bond acceptors (Lipinski definition) is 5. The van der Waals surface area contributed by atoms with E-state index < -0.39 is 5.97 Å². The van der Waals surface area contributed by atoms with Crippen LogP contribution in [0.5, 0.6) is 5.88 Å². The zero-order valence-corrected chi connectivity index (χ0v) is 10.3. The number of anilines is 1. The molecule has 2 N–H and O–H groups in total. The molecule has 0 saturated heterocycles. The van der Waals surface area contributed by atoms with Crippen LogP contribution in [-0.4, -0.2) is 28.2 Å². The predicted octanol–water partition coefficient (Wildman–Crippen LogP) is 1.80. The van der Waals surface area contributed by atoms with Crippen molar-refractivity contribution in [3.8, 4) is 5.88 Å². The molecule has 2 aromatic rings. The van der Waals surface area contributed by atoms with Crippen molar-refractivity contribution < 1.29 is 14.6 Å². The molecule has 6 heteroatoms. The number of aromatic carboxylic acids is 1. The highest BCUT2D eigenvalue weighted by molar-refractivity contribution is 5.85. The lowest BCUT2D eigenvalue weighted by Crippen LogP contribution is -2.06. The number of carboxylic acid groups (broad SMARTS) is 1. The summed E-state index contributed by atoms with van der Waals surface area (Å²) in [6, 6.07) is 8.44. The number of carboxylic acids is 1. The Balaban J connectivity index is 2.01. The molecule has 0 aliphatic rings. The summed E-state index contributed by atoms with van der Waals surface area (Å²) in [5.74, 6) is 0.0141. The third kappa shape index (κ3) is 3.41. The van der Waals surface area contributed by atoms with Gasteiger partial charge in [0.05, 0.1) is 7.11 Å². The first kappa shape index (κ1) is 12.8. The molecule has 2 rings (SSSR count). The van der Waals surface area contributed by atoms with Gasteiger partial charge in [-0.25, -0.2) is 14.8 Å². The van der Waals surface area contributed by atoms with Crippen LogP contribution < -0.4 is 10.1 Å². The summed E-state index contributed by atoms with van der Waals surface area (Å²) in [5, 5.41) is 11.9. The second-order valence-electron chi connectivity index (χ2n) is 3.78. The Labute approximate surface area is 110 Å². The fraction of sp³-hybridized carbons (Fsp3) is 0.154. The zero-order valence-electron chi connectivity index (χ0n) is 10.3. The van der Waals surface area contributed by atoms with Crippen LogP contribution in [0.3, 0.4) is 0 Å². The number of nitrogens with one attached hydrogen (secondary N) is 1. The summed E-state index contributed by atoms with van der Waals surface area (Å²) in [6.45, 7) is 0.507. The monoisotopic (exact) mass is 259 g/mol. The zero-order chi connectivity index (χ0) is 13.7. The van der Waals surface area contributed by atoms with Gasteiger partial charge in [0.2, 0.25) is 5.88 Å². The fourth-order valence-electron chi connectivity index (χ4n) is 1.48. The molecule has 0 aromatic carbocycles. The standard InChI is InChI=1S/C13H13N3O3/c1-19-12-6-5-9(8-15-12)7-14-11-4-2-3-10(16-11)13(17)18/h2-6,8H,7H2,1H3,(H,14,16)(H,17,18). The van der Waals surface area contributed by atoms with E-state index in [2.05, 4.69) is 15.3 Å². The summed E-state index contributed by atoms with van der Waals surface area (Å²) in [4.78, 5) is 18.8. The third-order valence-electron chi connectivity index (χ3n) is 2.45. The molecule has 0 saturated carbocycles. The van der Waals surface area contributed by atoms with E-state index >= 15 is 0 Å². The molecule has 0 aliphatic carbocycles. The number of carbonyl (C=O) groups is 1. The minimum atomic E-state index is -1.05. The van der Waals surface area contributed by atoms with Gasteiger partial charge in [-0.3, -0.25) is 0 Å². The van der Waals surface area contributed by atoms with Gasteiger partial charge in [0, 0.05) is 18.8 Å². The van der Waals surface area contributed by atoms with Crippen molar-refractivity contribution in [3.63, 3.8) is 0 Å². The highest BCUT2D eigenvalue weighted by Crippen LogP contribution is 2.10. The molecule has 0 fully saturated rings. The first-order valence-corrected chi connectivity index (χ1v) is 5.62. The molecule has 0 unspecified atom stereocenters. The van der Waals surface area contributed by atoms with E-state index in [9.17, 15) is 4.79 Å². The predicted molar refractivity (Wildman–Crippen MR) is 69.3 cm³/mol. The van der Waals surface area contributed by atoms with Gasteiger partial charge in [0.15, 0.2) is 5.69 Å². The SMILES string of the molecule is COc1ccc(CNc2cccc(C(=O)O)n2)cn1. The van der Waals surface area contributed by atoms with E-state index in [1.54, 1.807) is 31.5 Å². The van der Waals surface area contributed by atoms with Gasteiger partial charge in [-0.15, -0.1) is 0 Å². The number of pyridine rings is 2. The van der Waals surface area contributed by atoms with E-state index in [0.29, 0.717) is 18.2 Å². The Morgan fingerprint density at radius 3 is 2.84 bits per heavy atom. The smallest absolute Gasteiger partial charge is 0.354 e. The van der Waals surface area contributed by atoms with Crippen LogP contribution in [0.1, 0.15) is 16.1 Å². The van der Waals surface area contributed by atoms with E-state index in [0.717, 1.165) is 5.56 Å². The fourth-order valence-corrected chi connectivity index (χ4v) is 1.48. The van der Waals surface area contributed by atoms with Crippen molar-refractivity contribution in [2.24, 2.45) is 0 Å². The second kappa shape index (κ2) is 5.81. The van der Waals surface area contributed by atoms with Crippen LogP contribution in [-0.2, 0) is 6.54 Å². The lowest BCUT2D eigenvalue weighted by atomic mass is 10.3. The Morgan fingerprint density at radius 2 is 2.21 bits per heavy atom. The molecule has 19 heavy (non-hydrogen) atoms. The van der Waals surface area contributed by atoms with Gasteiger partial charge in [-0.05, 0) is 17.7 Å². The van der Waals surface area contributed by atoms with Crippen LogP contribution in [0, 0.1) is 0 Å². The van der Waals surface area contributed by atoms with Gasteiger partial charge < -0.3 is 15.2 Å². The molecule has 0 spiro atoms. The highest BCUT2D eigenvalue weighted by atomic mass is 16.5. The summed E-state index contributed by atoms with van der Waals surface area (Å²) in [5.41, 5.74) is 0.959. The van der Waals surface area contributed by atoms with E-state index in [1.165, 1.54) is 6.07 Å². The normalized spacial score (nSPS) is 9.95. The van der Waals surface area contributed by atoms with Gasteiger partial charge in [0.1, 0.15) is 5.82 Å². The molecule has 0 amide bonds. The minimum Gasteiger partial charge on any atom is -0.481 e. The molecule has 0 aliphatic heterocycles. The molecule has 0 atom stereocenters. The van der Waals surface area contributed by atoms with Crippen LogP contribution in [0.15, 0.2) is 36.5 Å². The van der Waals surface area contributed by atoms with E-state index in [1.807, 2.05) is 6.07 Å². The van der Waals surface area contributed by atoms with Crippen molar-refractivity contribution in [2.45, 2.75) is 6.54 Å². The number of methoxy groups -OCH3 is 1. The Hall–Kier alpha value is -2.63. The molecule has 0 radical (unpaired) electrons. The maximum Gasteiger partial charge on any atom is 0.354 e. The van der Waals surface area contributed by atoms with Gasteiger partial charge in [-0.1, -0.05) is 12.1 Å². The second-order valence-corrected chi connectivity index (χ2v) is 3.78. The van der Waals surface area contributed by atoms with E-state index in [4.69, 9.17) is 9.84 Å². The molecule has 6 nitrogen and oxygen atoms in total. The maximum atomic E-state index is 10.8. The summed E-state index contributed by atoms with van der Waals surface area (Å²) in [6.07, 6.45) is 1.69. The number of ether oxygens (including phenoxy) is 1. The number of rotatable bonds is 5. The van der Waals surface area contributed by atoms with Gasteiger partial charge in [0.25, 0.3) is 0 Å². The Bertz CT molecular complexity index is 570. The van der Waals surface area contributed by atoms with Crippen LogP contribution in [0.2, 0.25) is 0 Å². The van der Waals surface area contributed by atoms with Crippen molar-refractivity contribution in [2.75, 3.05) is 12.4 Å². The third-order valence-corrected chi connectivity index (χ3v) is 2.45. The average Bonchev–Trinajstić information content (AvgIpc) is 2.46. The van der Waals surface area contributed by atoms with Crippen LogP contribution in [0.25, 0.3) is 0 Å². The molecule has 0 bridgehead atoms. The van der Waals surface area contributed by atoms with Crippen molar-refractivity contribution in [1.82, 2.24) is 9.97 Å². The average molecular weight is 259 g/mol. The number of nitrogens with zero attached hydrogens (tertiary/aromatic N) is 2. The summed E-state index contributed by atoms with van der Waals surface area (Å²) < 4.78 is 4.96. The maximum absolute atomic E-state index is 10.8. The molecular formula is C13H13N3O3. The van der Waals surface area contributed by atoms with E-state index in [-0.39, 0.29) is 5.69 Å². The van der Waals surface area contributed by atoms with Crippen LogP contribution in [0.4, 0.5) is 5.82 Å². The molecule has 2 heterocycles. The number of hydrogen-bond donors (Lipinski definition) is 2. The molecule has 2 aromatic heterocycles. The molecular weight excluding hydrogens is 246 g/mol. The number of aromatic nitrogens is 2. The summed E-state index contributed by atoms with van der Waals surface area (Å²) in [7, 11) is 1.56. The van der Waals surface area contributed by atoms with Crippen molar-refractivity contribution in [3.05, 3.63) is 47.8 Å². The van der Waals surface area contributed by atoms with Crippen LogP contribution >= 0.6 is 0 Å². The Morgan fingerprint density at radius 1 is 1.37 bits per heavy atom. The quantitative estimate of drug-likeness (QED) is 0.851. The van der Waals surface area contributed by atoms with Gasteiger partial charge in [-0.2, -0.15) is 0 Å². The Kier molecular flexibility index (Phi) is 3.92. The summed E-state index contributed by atoms with van der Waals surface area (Å²) >= 11 is 0. The van der Waals surface area contributed by atoms with Gasteiger partial charge >= 0.3 is 5.97 Å². The van der Waals surface area contributed by atoms with Crippen molar-refractivity contribution >= 4 is 11.8 Å². The lowest BCUT2D eigenvalue weighted by Gasteiger charge is -2.06. The topological polar surface area (TPSA) is 84.3 Å².